The number of nitrogens with one attached hydrogen (secondary N) is 1. The third kappa shape index (κ3) is 6.51. The van der Waals surface area contributed by atoms with Crippen molar-refractivity contribution in [3.8, 4) is 0 Å². The van der Waals surface area contributed by atoms with Gasteiger partial charge < -0.3 is 5.32 Å². The van der Waals surface area contributed by atoms with Crippen LogP contribution in [0.4, 0.5) is 5.69 Å². The van der Waals surface area contributed by atoms with Crippen LogP contribution < -0.4 is 5.32 Å². The molecule has 3 heteroatoms. The minimum Gasteiger partial charge on any atom is -0.383 e. The van der Waals surface area contributed by atoms with Gasteiger partial charge in [0.2, 0.25) is 0 Å². The smallest absolute Gasteiger partial charge is 0.0441 e. The Morgan fingerprint density at radius 1 is 1.00 bits per heavy atom. The predicted molar refractivity (Wildman–Crippen MR) is 82.9 cm³/mol. The van der Waals surface area contributed by atoms with Gasteiger partial charge in [0.05, 0.1) is 0 Å². The van der Waals surface area contributed by atoms with Crippen molar-refractivity contribution in [3.05, 3.63) is 28.2 Å². The maximum absolute atomic E-state index is 5.97. The second-order valence-electron chi connectivity index (χ2n) is 4.91. The molecule has 0 radical (unpaired) electrons. The zero-order chi connectivity index (χ0) is 13.4. The molecule has 1 N–H and O–H groups in total. The lowest BCUT2D eigenvalue weighted by atomic mass is 10.1. The van der Waals surface area contributed by atoms with E-state index in [1.165, 1.54) is 38.5 Å². The van der Waals surface area contributed by atoms with Gasteiger partial charge in [-0.3, -0.25) is 0 Å². The van der Waals surface area contributed by atoms with E-state index in [0.29, 0.717) is 16.1 Å². The maximum Gasteiger partial charge on any atom is 0.0441 e. The molecule has 1 atom stereocenters. The van der Waals surface area contributed by atoms with Gasteiger partial charge in [0.25, 0.3) is 0 Å². The Labute approximate surface area is 121 Å². The molecule has 0 aliphatic heterocycles. The second-order valence-corrected chi connectivity index (χ2v) is 5.78. The SMILES string of the molecule is CCCCCCCC(C)Nc1cc(Cl)cc(Cl)c1. The van der Waals surface area contributed by atoms with E-state index in [1.54, 1.807) is 6.07 Å². The first kappa shape index (κ1) is 15.7. The van der Waals surface area contributed by atoms with Crippen molar-refractivity contribution in [1.82, 2.24) is 0 Å². The van der Waals surface area contributed by atoms with Gasteiger partial charge in [-0.25, -0.2) is 0 Å². The van der Waals surface area contributed by atoms with Crippen molar-refractivity contribution in [1.29, 1.82) is 0 Å². The van der Waals surface area contributed by atoms with Crippen LogP contribution >= 0.6 is 23.2 Å². The summed E-state index contributed by atoms with van der Waals surface area (Å²) in [5, 5.41) is 4.81. The predicted octanol–water partition coefficient (Wildman–Crippen LogP) is 6.15. The van der Waals surface area contributed by atoms with Gasteiger partial charge in [-0.1, -0.05) is 62.2 Å². The number of anilines is 1. The Morgan fingerprint density at radius 3 is 2.22 bits per heavy atom. The minimum atomic E-state index is 0.459. The quantitative estimate of drug-likeness (QED) is 0.565. The average Bonchev–Trinajstić information content (AvgIpc) is 2.27. The number of unbranched alkanes of at least 4 members (excludes halogenated alkanes) is 4. The van der Waals surface area contributed by atoms with Crippen LogP contribution in [0.15, 0.2) is 18.2 Å². The number of hydrogen-bond donors (Lipinski definition) is 1. The fourth-order valence-corrected chi connectivity index (χ4v) is 2.57. The highest BCUT2D eigenvalue weighted by Gasteiger charge is 2.03. The van der Waals surface area contributed by atoms with Crippen LogP contribution in [-0.4, -0.2) is 6.04 Å². The molecule has 0 aromatic heterocycles. The third-order valence-electron chi connectivity index (χ3n) is 3.02. The molecule has 0 aliphatic carbocycles. The third-order valence-corrected chi connectivity index (χ3v) is 3.45. The molecule has 0 heterocycles. The summed E-state index contributed by atoms with van der Waals surface area (Å²) in [5.41, 5.74) is 1.01. The van der Waals surface area contributed by atoms with Gasteiger partial charge in [0, 0.05) is 21.8 Å². The van der Waals surface area contributed by atoms with E-state index in [2.05, 4.69) is 19.2 Å². The largest absolute Gasteiger partial charge is 0.383 e. The molecule has 18 heavy (non-hydrogen) atoms. The summed E-state index contributed by atoms with van der Waals surface area (Å²) in [6.45, 7) is 4.45. The number of benzene rings is 1. The van der Waals surface area contributed by atoms with Crippen molar-refractivity contribution in [2.45, 2.75) is 58.4 Å². The van der Waals surface area contributed by atoms with Crippen LogP contribution in [-0.2, 0) is 0 Å². The van der Waals surface area contributed by atoms with Crippen molar-refractivity contribution in [3.63, 3.8) is 0 Å². The molecule has 102 valence electrons. The average molecular weight is 288 g/mol. The summed E-state index contributed by atoms with van der Waals surface area (Å²) in [5.74, 6) is 0. The molecule has 1 aromatic rings. The van der Waals surface area contributed by atoms with E-state index in [1.807, 2.05) is 12.1 Å². The molecule has 0 saturated heterocycles. The van der Waals surface area contributed by atoms with E-state index in [0.717, 1.165) is 5.69 Å². The molecule has 0 spiro atoms. The summed E-state index contributed by atoms with van der Waals surface area (Å²) >= 11 is 11.9. The van der Waals surface area contributed by atoms with Gasteiger partial charge >= 0.3 is 0 Å². The lowest BCUT2D eigenvalue weighted by Crippen LogP contribution is -2.14. The van der Waals surface area contributed by atoms with Gasteiger partial charge in [0.1, 0.15) is 0 Å². The van der Waals surface area contributed by atoms with Crippen LogP contribution in [0.2, 0.25) is 10.0 Å². The normalized spacial score (nSPS) is 12.4. The highest BCUT2D eigenvalue weighted by molar-refractivity contribution is 6.35. The summed E-state index contributed by atoms with van der Waals surface area (Å²) in [4.78, 5) is 0. The standard InChI is InChI=1S/C15H23Cl2N/c1-3-4-5-6-7-8-12(2)18-15-10-13(16)9-14(17)11-15/h9-12,18H,3-8H2,1-2H3. The van der Waals surface area contributed by atoms with Crippen molar-refractivity contribution < 1.29 is 0 Å². The van der Waals surface area contributed by atoms with Gasteiger partial charge in [-0.15, -0.1) is 0 Å². The molecular formula is C15H23Cl2N. The Hall–Kier alpha value is -0.400. The van der Waals surface area contributed by atoms with Crippen LogP contribution in [0.1, 0.15) is 52.4 Å². The van der Waals surface area contributed by atoms with Crippen molar-refractivity contribution >= 4 is 28.9 Å². The zero-order valence-corrected chi connectivity index (χ0v) is 12.8. The first-order chi connectivity index (χ1) is 8.61. The van der Waals surface area contributed by atoms with Gasteiger partial charge in [0.15, 0.2) is 0 Å². The minimum absolute atomic E-state index is 0.459. The number of rotatable bonds is 8. The Balaban J connectivity index is 2.28. The second kappa shape index (κ2) is 8.66. The molecule has 1 rings (SSSR count). The van der Waals surface area contributed by atoms with Crippen molar-refractivity contribution in [2.75, 3.05) is 5.32 Å². The molecule has 0 aliphatic rings. The highest BCUT2D eigenvalue weighted by Crippen LogP contribution is 2.23. The summed E-state index contributed by atoms with van der Waals surface area (Å²) in [7, 11) is 0. The summed E-state index contributed by atoms with van der Waals surface area (Å²) < 4.78 is 0. The molecule has 1 aromatic carbocycles. The number of halogens is 2. The lowest BCUT2D eigenvalue weighted by molar-refractivity contribution is 0.578. The van der Waals surface area contributed by atoms with Crippen LogP contribution in [0.3, 0.4) is 0 Å². The Bertz CT molecular complexity index is 332. The Morgan fingerprint density at radius 2 is 1.61 bits per heavy atom. The first-order valence-corrected chi connectivity index (χ1v) is 7.60. The molecule has 0 saturated carbocycles. The van der Waals surface area contributed by atoms with Gasteiger partial charge in [-0.05, 0) is 31.5 Å². The van der Waals surface area contributed by atoms with E-state index >= 15 is 0 Å². The Kier molecular flexibility index (Phi) is 7.53. The fourth-order valence-electron chi connectivity index (χ4n) is 2.05. The van der Waals surface area contributed by atoms with E-state index < -0.39 is 0 Å². The van der Waals surface area contributed by atoms with E-state index in [-0.39, 0.29) is 0 Å². The maximum atomic E-state index is 5.97. The topological polar surface area (TPSA) is 12.0 Å². The molecule has 0 bridgehead atoms. The van der Waals surface area contributed by atoms with Crippen LogP contribution in [0, 0.1) is 0 Å². The van der Waals surface area contributed by atoms with Crippen molar-refractivity contribution in [2.24, 2.45) is 0 Å². The molecule has 0 amide bonds. The summed E-state index contributed by atoms with van der Waals surface area (Å²) in [6, 6.07) is 6.05. The van der Waals surface area contributed by atoms with Gasteiger partial charge in [-0.2, -0.15) is 0 Å². The lowest BCUT2D eigenvalue weighted by Gasteiger charge is -2.15. The molecular weight excluding hydrogens is 265 g/mol. The monoisotopic (exact) mass is 287 g/mol. The summed E-state index contributed by atoms with van der Waals surface area (Å²) in [6.07, 6.45) is 7.80. The van der Waals surface area contributed by atoms with Crippen LogP contribution in [0.25, 0.3) is 0 Å². The molecule has 1 nitrogen and oxygen atoms in total. The molecule has 0 fully saturated rings. The molecule has 1 unspecified atom stereocenters. The number of hydrogen-bond acceptors (Lipinski definition) is 1. The van der Waals surface area contributed by atoms with E-state index in [4.69, 9.17) is 23.2 Å². The van der Waals surface area contributed by atoms with Crippen LogP contribution in [0.5, 0.6) is 0 Å². The fraction of sp³-hybridized carbons (Fsp3) is 0.600. The highest BCUT2D eigenvalue weighted by atomic mass is 35.5. The first-order valence-electron chi connectivity index (χ1n) is 6.84. The zero-order valence-electron chi connectivity index (χ0n) is 11.3. The van der Waals surface area contributed by atoms with E-state index in [9.17, 15) is 0 Å².